The second-order valence-electron chi connectivity index (χ2n) is 5.22. The Kier molecular flexibility index (Phi) is 3.99. The highest BCUT2D eigenvalue weighted by molar-refractivity contribution is 7.86. The summed E-state index contributed by atoms with van der Waals surface area (Å²) in [6, 6.07) is 11.2. The van der Waals surface area contributed by atoms with Crippen LogP contribution in [0.25, 0.3) is 20.8 Å². The zero-order valence-electron chi connectivity index (χ0n) is 13.0. The number of aryl methyl sites for hydroxylation is 1. The third-order valence-electron chi connectivity index (χ3n) is 3.35. The molecule has 0 bridgehead atoms. The van der Waals surface area contributed by atoms with Crippen molar-refractivity contribution in [1.82, 2.24) is 4.98 Å². The van der Waals surface area contributed by atoms with Crippen molar-refractivity contribution in [2.45, 2.75) is 6.92 Å². The highest BCUT2D eigenvalue weighted by atomic mass is 32.2. The molecule has 120 valence electrons. The highest BCUT2D eigenvalue weighted by Gasteiger charge is 2.10. The number of nitrogens with zero attached hydrogens (tertiary/aromatic N) is 1. The Morgan fingerprint density at radius 2 is 1.96 bits per heavy atom. The van der Waals surface area contributed by atoms with Crippen LogP contribution in [-0.2, 0) is 10.1 Å². The van der Waals surface area contributed by atoms with Crippen LogP contribution in [0.5, 0.6) is 5.75 Å². The fraction of sp³-hybridized carbons (Fsp3) is 0.188. The van der Waals surface area contributed by atoms with E-state index in [0.717, 1.165) is 38.3 Å². The largest absolute Gasteiger partial charge is 0.388 e. The van der Waals surface area contributed by atoms with Crippen molar-refractivity contribution < 1.29 is 12.6 Å². The SMILES string of the molecule is CNc1ccc(-c2nc3ccc(OS(C)(=O)=O)cc3s2)cc1C. The normalized spacial score (nSPS) is 11.6. The lowest BCUT2D eigenvalue weighted by molar-refractivity contribution is 0.493. The predicted octanol–water partition coefficient (Wildman–Crippen LogP) is 3.65. The summed E-state index contributed by atoms with van der Waals surface area (Å²) in [5, 5.41) is 4.03. The number of nitrogens with one attached hydrogen (secondary N) is 1. The molecule has 0 saturated carbocycles. The van der Waals surface area contributed by atoms with Crippen molar-refractivity contribution in [3.8, 4) is 16.3 Å². The van der Waals surface area contributed by atoms with Gasteiger partial charge in [-0.1, -0.05) is 0 Å². The number of thiazole rings is 1. The maximum absolute atomic E-state index is 11.2. The maximum Gasteiger partial charge on any atom is 0.306 e. The van der Waals surface area contributed by atoms with E-state index in [-0.39, 0.29) is 0 Å². The molecule has 0 unspecified atom stereocenters. The number of rotatable bonds is 4. The van der Waals surface area contributed by atoms with Crippen LogP contribution in [0, 0.1) is 6.92 Å². The lowest BCUT2D eigenvalue weighted by atomic mass is 10.1. The van der Waals surface area contributed by atoms with Gasteiger partial charge >= 0.3 is 10.1 Å². The van der Waals surface area contributed by atoms with Crippen LogP contribution in [0.15, 0.2) is 36.4 Å². The van der Waals surface area contributed by atoms with Gasteiger partial charge < -0.3 is 9.50 Å². The first-order valence-corrected chi connectivity index (χ1v) is 9.58. The Hall–Kier alpha value is -2.12. The Bertz CT molecular complexity index is 978. The minimum Gasteiger partial charge on any atom is -0.388 e. The number of benzene rings is 2. The molecule has 3 rings (SSSR count). The van der Waals surface area contributed by atoms with Gasteiger partial charge in [0.15, 0.2) is 0 Å². The number of hydrogen-bond acceptors (Lipinski definition) is 6. The molecule has 23 heavy (non-hydrogen) atoms. The number of hydrogen-bond donors (Lipinski definition) is 1. The summed E-state index contributed by atoms with van der Waals surface area (Å²) in [6.45, 7) is 2.04. The van der Waals surface area contributed by atoms with E-state index in [1.807, 2.05) is 26.1 Å². The molecule has 2 aromatic carbocycles. The molecule has 0 aliphatic rings. The third-order valence-corrected chi connectivity index (χ3v) is 4.91. The number of aromatic nitrogens is 1. The Morgan fingerprint density at radius 3 is 2.61 bits per heavy atom. The summed E-state index contributed by atoms with van der Waals surface area (Å²) in [4.78, 5) is 4.61. The van der Waals surface area contributed by atoms with E-state index in [2.05, 4.69) is 16.4 Å². The van der Waals surface area contributed by atoms with E-state index in [0.29, 0.717) is 5.75 Å². The summed E-state index contributed by atoms with van der Waals surface area (Å²) in [5.41, 5.74) is 4.08. The molecule has 7 heteroatoms. The van der Waals surface area contributed by atoms with Crippen molar-refractivity contribution in [3.05, 3.63) is 42.0 Å². The van der Waals surface area contributed by atoms with Gasteiger partial charge in [0, 0.05) is 24.4 Å². The Balaban J connectivity index is 2.01. The van der Waals surface area contributed by atoms with Crippen molar-refractivity contribution in [3.63, 3.8) is 0 Å². The van der Waals surface area contributed by atoms with Crippen LogP contribution >= 0.6 is 11.3 Å². The molecule has 1 heterocycles. The van der Waals surface area contributed by atoms with Crippen molar-refractivity contribution in [2.75, 3.05) is 18.6 Å². The molecular weight excluding hydrogens is 332 g/mol. The van der Waals surface area contributed by atoms with Gasteiger partial charge in [-0.15, -0.1) is 11.3 Å². The second-order valence-corrected chi connectivity index (χ2v) is 7.82. The average Bonchev–Trinajstić information content (AvgIpc) is 2.88. The van der Waals surface area contributed by atoms with Crippen LogP contribution in [0.2, 0.25) is 0 Å². The van der Waals surface area contributed by atoms with E-state index in [9.17, 15) is 8.42 Å². The summed E-state index contributed by atoms with van der Waals surface area (Å²) in [7, 11) is -1.64. The monoisotopic (exact) mass is 348 g/mol. The molecule has 0 amide bonds. The quantitative estimate of drug-likeness (QED) is 0.729. The second kappa shape index (κ2) is 5.82. The molecule has 0 radical (unpaired) electrons. The molecule has 0 spiro atoms. The average molecular weight is 348 g/mol. The van der Waals surface area contributed by atoms with E-state index < -0.39 is 10.1 Å². The summed E-state index contributed by atoms with van der Waals surface area (Å²) >= 11 is 1.51. The van der Waals surface area contributed by atoms with Crippen molar-refractivity contribution in [1.29, 1.82) is 0 Å². The summed E-state index contributed by atoms with van der Waals surface area (Å²) < 4.78 is 28.2. The number of fused-ring (bicyclic) bond motifs is 1. The molecule has 0 saturated heterocycles. The molecule has 0 aliphatic heterocycles. The van der Waals surface area contributed by atoms with Gasteiger partial charge in [-0.2, -0.15) is 8.42 Å². The van der Waals surface area contributed by atoms with Crippen LogP contribution in [0.1, 0.15) is 5.56 Å². The van der Waals surface area contributed by atoms with E-state index in [4.69, 9.17) is 4.18 Å². The summed E-state index contributed by atoms with van der Waals surface area (Å²) in [5.74, 6) is 0.303. The van der Waals surface area contributed by atoms with Crippen LogP contribution in [0.3, 0.4) is 0 Å². The van der Waals surface area contributed by atoms with Gasteiger partial charge in [0.25, 0.3) is 0 Å². The minimum absolute atomic E-state index is 0.303. The van der Waals surface area contributed by atoms with Gasteiger partial charge in [-0.05, 0) is 42.8 Å². The molecule has 0 atom stereocenters. The molecular formula is C16H16N2O3S2. The van der Waals surface area contributed by atoms with E-state index in [1.165, 1.54) is 11.3 Å². The summed E-state index contributed by atoms with van der Waals surface area (Å²) in [6.07, 6.45) is 1.03. The third kappa shape index (κ3) is 3.46. The van der Waals surface area contributed by atoms with Gasteiger partial charge in [0.1, 0.15) is 10.8 Å². The molecule has 3 aromatic rings. The Labute approximate surface area is 139 Å². The van der Waals surface area contributed by atoms with Gasteiger partial charge in [-0.25, -0.2) is 4.98 Å². The van der Waals surface area contributed by atoms with Crippen LogP contribution < -0.4 is 9.50 Å². The molecule has 1 aromatic heterocycles. The van der Waals surface area contributed by atoms with Crippen molar-refractivity contribution >= 4 is 37.4 Å². The first kappa shape index (κ1) is 15.8. The van der Waals surface area contributed by atoms with Crippen LogP contribution in [0.4, 0.5) is 5.69 Å². The minimum atomic E-state index is -3.53. The predicted molar refractivity (Wildman–Crippen MR) is 94.8 cm³/mol. The van der Waals surface area contributed by atoms with E-state index >= 15 is 0 Å². The first-order valence-electron chi connectivity index (χ1n) is 6.94. The molecule has 0 aliphatic carbocycles. The zero-order valence-corrected chi connectivity index (χ0v) is 14.6. The topological polar surface area (TPSA) is 68.3 Å². The standard InChI is InChI=1S/C16H16N2O3S2/c1-10-8-11(4-6-13(10)17-2)16-18-14-7-5-12(9-15(14)22-16)21-23(3,19)20/h4-9,17H,1-3H3. The first-order chi connectivity index (χ1) is 10.9. The lowest BCUT2D eigenvalue weighted by Crippen LogP contribution is -2.05. The van der Waals surface area contributed by atoms with Gasteiger partial charge in [0.05, 0.1) is 16.5 Å². The van der Waals surface area contributed by atoms with Crippen LogP contribution in [-0.4, -0.2) is 26.7 Å². The lowest BCUT2D eigenvalue weighted by Gasteiger charge is -2.05. The number of anilines is 1. The maximum atomic E-state index is 11.2. The fourth-order valence-electron chi connectivity index (χ4n) is 2.33. The zero-order chi connectivity index (χ0) is 16.6. The smallest absolute Gasteiger partial charge is 0.306 e. The molecule has 1 N–H and O–H groups in total. The Morgan fingerprint density at radius 1 is 1.17 bits per heavy atom. The van der Waals surface area contributed by atoms with E-state index in [1.54, 1.807) is 18.2 Å². The van der Waals surface area contributed by atoms with Crippen molar-refractivity contribution in [2.24, 2.45) is 0 Å². The molecule has 0 fully saturated rings. The molecule has 5 nitrogen and oxygen atoms in total. The van der Waals surface area contributed by atoms with Gasteiger partial charge in [-0.3, -0.25) is 0 Å². The fourth-order valence-corrected chi connectivity index (χ4v) is 3.78. The highest BCUT2D eigenvalue weighted by Crippen LogP contribution is 2.33. The van der Waals surface area contributed by atoms with Gasteiger partial charge in [0.2, 0.25) is 0 Å².